The summed E-state index contributed by atoms with van der Waals surface area (Å²) in [4.78, 5) is 29.3. The molecule has 27 heavy (non-hydrogen) atoms. The van der Waals surface area contributed by atoms with Gasteiger partial charge in [-0.15, -0.1) is 0 Å². The Kier molecular flexibility index (Phi) is 5.91. The first-order chi connectivity index (χ1) is 13.0. The molecule has 0 bridgehead atoms. The zero-order valence-electron chi connectivity index (χ0n) is 16.1. The van der Waals surface area contributed by atoms with Crippen molar-refractivity contribution >= 4 is 11.8 Å². The summed E-state index contributed by atoms with van der Waals surface area (Å²) in [5.74, 6) is 0.442. The van der Waals surface area contributed by atoms with Gasteiger partial charge in [-0.3, -0.25) is 14.5 Å². The molecule has 2 amide bonds. The molecule has 2 aromatic rings. The fourth-order valence-electron chi connectivity index (χ4n) is 3.52. The van der Waals surface area contributed by atoms with Crippen LogP contribution >= 0.6 is 0 Å². The average Bonchev–Trinajstić information content (AvgIpc) is 3.00. The van der Waals surface area contributed by atoms with E-state index in [4.69, 9.17) is 4.52 Å². The molecule has 0 saturated carbocycles. The molecule has 144 valence electrons. The standard InChI is InChI=1S/C20H26N4O3/c1-14-17(15(2)27-22-14)11-19(25)24-10-9-23(13-18(24)20(26)21-3)12-16-7-5-4-6-8-16/h4-8,18H,9-13H2,1-3H3,(H,21,26). The zero-order chi connectivity index (χ0) is 19.4. The maximum absolute atomic E-state index is 12.9. The Hall–Kier alpha value is -2.67. The monoisotopic (exact) mass is 370 g/mol. The summed E-state index contributed by atoms with van der Waals surface area (Å²) in [6.07, 6.45) is 0.202. The van der Waals surface area contributed by atoms with Crippen LogP contribution in [0, 0.1) is 13.8 Å². The van der Waals surface area contributed by atoms with Crippen LogP contribution < -0.4 is 5.32 Å². The first kappa shape index (κ1) is 19.1. The van der Waals surface area contributed by atoms with Gasteiger partial charge >= 0.3 is 0 Å². The second kappa shape index (κ2) is 8.35. The van der Waals surface area contributed by atoms with Gasteiger partial charge in [0.25, 0.3) is 0 Å². The van der Waals surface area contributed by atoms with Crippen LogP contribution in [0.5, 0.6) is 0 Å². The van der Waals surface area contributed by atoms with Crippen molar-refractivity contribution in [3.63, 3.8) is 0 Å². The molecule has 1 atom stereocenters. The Morgan fingerprint density at radius 2 is 1.96 bits per heavy atom. The average molecular weight is 370 g/mol. The van der Waals surface area contributed by atoms with E-state index < -0.39 is 6.04 Å². The molecule has 1 fully saturated rings. The smallest absolute Gasteiger partial charge is 0.243 e. The molecule has 1 aliphatic heterocycles. The van der Waals surface area contributed by atoms with Gasteiger partial charge in [-0.25, -0.2) is 0 Å². The molecule has 0 spiro atoms. The molecule has 1 aromatic carbocycles. The van der Waals surface area contributed by atoms with E-state index in [1.807, 2.05) is 25.1 Å². The number of carbonyl (C=O) groups is 2. The van der Waals surface area contributed by atoms with Crippen molar-refractivity contribution in [1.29, 1.82) is 0 Å². The van der Waals surface area contributed by atoms with Gasteiger partial charge in [-0.05, 0) is 19.4 Å². The van der Waals surface area contributed by atoms with Gasteiger partial charge in [0.05, 0.1) is 12.1 Å². The molecule has 1 N–H and O–H groups in total. The number of carbonyl (C=O) groups excluding carboxylic acids is 2. The third-order valence-electron chi connectivity index (χ3n) is 5.09. The fraction of sp³-hybridized carbons (Fsp3) is 0.450. The van der Waals surface area contributed by atoms with Crippen LogP contribution in [0.4, 0.5) is 0 Å². The summed E-state index contributed by atoms with van der Waals surface area (Å²) >= 11 is 0. The van der Waals surface area contributed by atoms with E-state index in [1.54, 1.807) is 18.9 Å². The van der Waals surface area contributed by atoms with Crippen LogP contribution in [0.15, 0.2) is 34.9 Å². The molecule has 7 nitrogen and oxygen atoms in total. The highest BCUT2D eigenvalue weighted by Gasteiger charge is 2.35. The van der Waals surface area contributed by atoms with Gasteiger partial charge in [0, 0.05) is 38.8 Å². The summed E-state index contributed by atoms with van der Waals surface area (Å²) < 4.78 is 5.15. The SMILES string of the molecule is CNC(=O)C1CN(Cc2ccccc2)CCN1C(=O)Cc1c(C)noc1C. The third-order valence-corrected chi connectivity index (χ3v) is 5.09. The number of hydrogen-bond acceptors (Lipinski definition) is 5. The van der Waals surface area contributed by atoms with Crippen molar-refractivity contribution in [2.45, 2.75) is 32.9 Å². The van der Waals surface area contributed by atoms with Crippen LogP contribution in [-0.2, 0) is 22.6 Å². The van der Waals surface area contributed by atoms with Gasteiger partial charge < -0.3 is 14.7 Å². The Balaban J connectivity index is 1.71. The first-order valence-corrected chi connectivity index (χ1v) is 9.18. The Labute approximate surface area is 159 Å². The van der Waals surface area contributed by atoms with Crippen LogP contribution in [-0.4, -0.2) is 59.5 Å². The first-order valence-electron chi connectivity index (χ1n) is 9.18. The predicted molar refractivity (Wildman–Crippen MR) is 101 cm³/mol. The van der Waals surface area contributed by atoms with Gasteiger partial charge in [0.15, 0.2) is 0 Å². The predicted octanol–water partition coefficient (Wildman–Crippen LogP) is 1.29. The maximum Gasteiger partial charge on any atom is 0.243 e. The summed E-state index contributed by atoms with van der Waals surface area (Å²) in [7, 11) is 1.61. The van der Waals surface area contributed by atoms with E-state index in [0.29, 0.717) is 18.8 Å². The van der Waals surface area contributed by atoms with E-state index in [-0.39, 0.29) is 18.2 Å². The number of amides is 2. The van der Waals surface area contributed by atoms with Gasteiger partial charge in [-0.2, -0.15) is 0 Å². The number of piperazine rings is 1. The van der Waals surface area contributed by atoms with Crippen molar-refractivity contribution in [3.05, 3.63) is 52.9 Å². The number of likely N-dealkylation sites (N-methyl/N-ethyl adjacent to an activating group) is 1. The van der Waals surface area contributed by atoms with Gasteiger partial charge in [0.2, 0.25) is 11.8 Å². The minimum absolute atomic E-state index is 0.0719. The summed E-state index contributed by atoms with van der Waals surface area (Å²) in [6.45, 7) is 6.16. The fourth-order valence-corrected chi connectivity index (χ4v) is 3.52. The maximum atomic E-state index is 12.9. The lowest BCUT2D eigenvalue weighted by atomic mass is 10.1. The molecule has 1 unspecified atom stereocenters. The van der Waals surface area contributed by atoms with Crippen molar-refractivity contribution in [1.82, 2.24) is 20.3 Å². The topological polar surface area (TPSA) is 78.7 Å². The van der Waals surface area contributed by atoms with E-state index in [0.717, 1.165) is 24.3 Å². The molecule has 0 radical (unpaired) electrons. The number of rotatable bonds is 5. The second-order valence-electron chi connectivity index (χ2n) is 6.92. The third kappa shape index (κ3) is 4.36. The van der Waals surface area contributed by atoms with Gasteiger partial charge in [0.1, 0.15) is 11.8 Å². The lowest BCUT2D eigenvalue weighted by Crippen LogP contribution is -2.60. The molecule has 7 heteroatoms. The van der Waals surface area contributed by atoms with Crippen LogP contribution in [0.2, 0.25) is 0 Å². The molecular formula is C20H26N4O3. The highest BCUT2D eigenvalue weighted by atomic mass is 16.5. The summed E-state index contributed by atoms with van der Waals surface area (Å²) in [5.41, 5.74) is 2.73. The lowest BCUT2D eigenvalue weighted by Gasteiger charge is -2.40. The van der Waals surface area contributed by atoms with Crippen LogP contribution in [0.3, 0.4) is 0 Å². The summed E-state index contributed by atoms with van der Waals surface area (Å²) in [6, 6.07) is 9.65. The van der Waals surface area contributed by atoms with E-state index in [1.165, 1.54) is 5.56 Å². The number of nitrogens with zero attached hydrogens (tertiary/aromatic N) is 3. The largest absolute Gasteiger partial charge is 0.361 e. The van der Waals surface area contributed by atoms with E-state index in [9.17, 15) is 9.59 Å². The molecule has 3 rings (SSSR count). The quantitative estimate of drug-likeness (QED) is 0.858. The van der Waals surface area contributed by atoms with Crippen molar-refractivity contribution in [2.24, 2.45) is 0 Å². The number of benzene rings is 1. The minimum atomic E-state index is -0.500. The molecule has 1 aliphatic rings. The number of hydrogen-bond donors (Lipinski definition) is 1. The van der Waals surface area contributed by atoms with Crippen LogP contribution in [0.25, 0.3) is 0 Å². The molecule has 1 saturated heterocycles. The highest BCUT2D eigenvalue weighted by Crippen LogP contribution is 2.18. The molecular weight excluding hydrogens is 344 g/mol. The van der Waals surface area contributed by atoms with E-state index in [2.05, 4.69) is 27.5 Å². The number of aryl methyl sites for hydroxylation is 2. The van der Waals surface area contributed by atoms with Gasteiger partial charge in [-0.1, -0.05) is 35.5 Å². The normalized spacial score (nSPS) is 17.7. The van der Waals surface area contributed by atoms with Crippen molar-refractivity contribution in [3.8, 4) is 0 Å². The number of aromatic nitrogens is 1. The molecule has 1 aromatic heterocycles. The Bertz CT molecular complexity index is 783. The zero-order valence-corrected chi connectivity index (χ0v) is 16.1. The van der Waals surface area contributed by atoms with Crippen molar-refractivity contribution in [2.75, 3.05) is 26.7 Å². The molecule has 0 aliphatic carbocycles. The lowest BCUT2D eigenvalue weighted by molar-refractivity contribution is -0.143. The Morgan fingerprint density at radius 1 is 1.22 bits per heavy atom. The van der Waals surface area contributed by atoms with Crippen LogP contribution in [0.1, 0.15) is 22.6 Å². The molecule has 2 heterocycles. The summed E-state index contributed by atoms with van der Waals surface area (Å²) in [5, 5.41) is 6.61. The second-order valence-corrected chi connectivity index (χ2v) is 6.92. The minimum Gasteiger partial charge on any atom is -0.361 e. The highest BCUT2D eigenvalue weighted by molar-refractivity contribution is 5.89. The number of nitrogens with one attached hydrogen (secondary N) is 1. The Morgan fingerprint density at radius 3 is 2.59 bits per heavy atom. The van der Waals surface area contributed by atoms with E-state index >= 15 is 0 Å². The van der Waals surface area contributed by atoms with Crippen molar-refractivity contribution < 1.29 is 14.1 Å².